The van der Waals surface area contributed by atoms with Crippen molar-refractivity contribution in [1.82, 2.24) is 9.78 Å². The lowest BCUT2D eigenvalue weighted by Gasteiger charge is -2.02. The summed E-state index contributed by atoms with van der Waals surface area (Å²) in [6.07, 6.45) is 0. The zero-order valence-corrected chi connectivity index (χ0v) is 8.98. The van der Waals surface area contributed by atoms with E-state index in [0.717, 1.165) is 0 Å². The van der Waals surface area contributed by atoms with Crippen molar-refractivity contribution in [3.63, 3.8) is 0 Å². The number of aliphatic hydroxyl groups excluding tert-OH is 1. The molecule has 0 fully saturated rings. The fraction of sp³-hybridized carbons (Fsp3) is 0.500. The van der Waals surface area contributed by atoms with E-state index < -0.39 is 4.92 Å². The van der Waals surface area contributed by atoms with Crippen molar-refractivity contribution in [2.75, 3.05) is 19.0 Å². The molecule has 0 spiro atoms. The van der Waals surface area contributed by atoms with E-state index in [0.29, 0.717) is 0 Å². The predicted octanol–water partition coefficient (Wildman–Crippen LogP) is 0.588. The summed E-state index contributed by atoms with van der Waals surface area (Å²) in [4.78, 5) is 10.1. The van der Waals surface area contributed by atoms with Gasteiger partial charge in [0.1, 0.15) is 0 Å². The summed E-state index contributed by atoms with van der Waals surface area (Å²) < 4.78 is 1.49. The van der Waals surface area contributed by atoms with Crippen molar-refractivity contribution in [1.29, 1.82) is 0 Å². The Balaban J connectivity index is 3.21. The van der Waals surface area contributed by atoms with Crippen LogP contribution in [0.5, 0.6) is 0 Å². The summed E-state index contributed by atoms with van der Waals surface area (Å²) >= 11 is 2.98. The number of hydrogen-bond donors (Lipinski definition) is 2. The molecule has 1 aromatic heterocycles. The molecule has 0 saturated heterocycles. The molecule has 1 rings (SSSR count). The van der Waals surface area contributed by atoms with Gasteiger partial charge in [-0.05, 0) is 15.9 Å². The molecule has 0 unspecified atom stereocenters. The van der Waals surface area contributed by atoms with Gasteiger partial charge in [-0.3, -0.25) is 10.1 Å². The highest BCUT2D eigenvalue weighted by molar-refractivity contribution is 9.10. The van der Waals surface area contributed by atoms with Crippen LogP contribution in [0.3, 0.4) is 0 Å². The molecule has 7 nitrogen and oxygen atoms in total. The minimum absolute atomic E-state index is 0.124. The number of nitro groups is 1. The standard InChI is InChI=1S/C6H9BrN4O3/c1-8-6-4(11(13)14)5(7)9-10(6)2-3-12/h8,12H,2-3H2,1H3. The Morgan fingerprint density at radius 2 is 2.43 bits per heavy atom. The third-order valence-electron chi connectivity index (χ3n) is 1.62. The molecule has 8 heteroatoms. The van der Waals surface area contributed by atoms with Gasteiger partial charge >= 0.3 is 5.69 Å². The Morgan fingerprint density at radius 1 is 1.79 bits per heavy atom. The van der Waals surface area contributed by atoms with Gasteiger partial charge < -0.3 is 10.4 Å². The second-order valence-electron chi connectivity index (χ2n) is 2.44. The summed E-state index contributed by atoms with van der Waals surface area (Å²) in [6.45, 7) is 0.0859. The largest absolute Gasteiger partial charge is 0.394 e. The van der Waals surface area contributed by atoms with Crippen LogP contribution >= 0.6 is 15.9 Å². The van der Waals surface area contributed by atoms with Crippen molar-refractivity contribution in [3.8, 4) is 0 Å². The summed E-state index contributed by atoms with van der Waals surface area (Å²) in [5.41, 5.74) is -0.124. The maximum atomic E-state index is 10.6. The number of anilines is 1. The molecule has 0 saturated carbocycles. The van der Waals surface area contributed by atoms with Gasteiger partial charge in [0.25, 0.3) is 0 Å². The number of rotatable bonds is 4. The highest BCUT2D eigenvalue weighted by Gasteiger charge is 2.25. The number of aromatic nitrogens is 2. The van der Waals surface area contributed by atoms with E-state index in [9.17, 15) is 10.1 Å². The summed E-state index contributed by atoms with van der Waals surface area (Å²) in [5.74, 6) is 0.274. The molecule has 0 atom stereocenters. The monoisotopic (exact) mass is 264 g/mol. The van der Waals surface area contributed by atoms with Crippen LogP contribution in [0, 0.1) is 10.1 Å². The SMILES string of the molecule is CNc1c([N+](=O)[O-])c(Br)nn1CCO. The first-order valence-electron chi connectivity index (χ1n) is 3.81. The first kappa shape index (κ1) is 10.9. The van der Waals surface area contributed by atoms with Gasteiger partial charge in [0.05, 0.1) is 18.1 Å². The smallest absolute Gasteiger partial charge is 0.345 e. The maximum Gasteiger partial charge on any atom is 0.345 e. The van der Waals surface area contributed by atoms with Gasteiger partial charge in [-0.1, -0.05) is 0 Å². The second kappa shape index (κ2) is 4.38. The minimum Gasteiger partial charge on any atom is -0.394 e. The minimum atomic E-state index is -0.531. The molecule has 0 aliphatic rings. The maximum absolute atomic E-state index is 10.6. The lowest BCUT2D eigenvalue weighted by atomic mass is 10.5. The molecule has 2 N–H and O–H groups in total. The fourth-order valence-electron chi connectivity index (χ4n) is 1.09. The van der Waals surface area contributed by atoms with E-state index in [1.807, 2.05) is 0 Å². The van der Waals surface area contributed by atoms with E-state index >= 15 is 0 Å². The third kappa shape index (κ3) is 1.85. The molecular formula is C6H9BrN4O3. The molecular weight excluding hydrogens is 256 g/mol. The molecule has 78 valence electrons. The second-order valence-corrected chi connectivity index (χ2v) is 3.19. The van der Waals surface area contributed by atoms with Gasteiger partial charge in [0.15, 0.2) is 0 Å². The summed E-state index contributed by atoms with van der Waals surface area (Å²) in [5, 5.41) is 25.9. The van der Waals surface area contributed by atoms with Gasteiger partial charge in [-0.2, -0.15) is 5.10 Å². The first-order valence-corrected chi connectivity index (χ1v) is 4.60. The Kier molecular flexibility index (Phi) is 3.42. The molecule has 0 amide bonds. The van der Waals surface area contributed by atoms with Crippen LogP contribution in [0.2, 0.25) is 0 Å². The fourth-order valence-corrected chi connectivity index (χ4v) is 1.61. The quantitative estimate of drug-likeness (QED) is 0.613. The van der Waals surface area contributed by atoms with Crippen molar-refractivity contribution < 1.29 is 10.0 Å². The Morgan fingerprint density at radius 3 is 2.86 bits per heavy atom. The van der Waals surface area contributed by atoms with Crippen LogP contribution in [-0.2, 0) is 6.54 Å². The highest BCUT2D eigenvalue weighted by atomic mass is 79.9. The van der Waals surface area contributed by atoms with Gasteiger partial charge in [0.2, 0.25) is 10.4 Å². The number of halogens is 1. The number of hydrogen-bond acceptors (Lipinski definition) is 5. The average Bonchev–Trinajstić information content (AvgIpc) is 2.42. The van der Waals surface area contributed by atoms with Crippen LogP contribution in [-0.4, -0.2) is 33.5 Å². The normalized spacial score (nSPS) is 10.2. The van der Waals surface area contributed by atoms with Gasteiger partial charge in [0, 0.05) is 7.05 Å². The number of nitrogens with zero attached hydrogens (tertiary/aromatic N) is 3. The van der Waals surface area contributed by atoms with E-state index in [-0.39, 0.29) is 29.3 Å². The van der Waals surface area contributed by atoms with E-state index in [4.69, 9.17) is 5.11 Å². The van der Waals surface area contributed by atoms with Crippen LogP contribution in [0.4, 0.5) is 11.5 Å². The Labute approximate surface area is 88.0 Å². The zero-order chi connectivity index (χ0) is 10.7. The van der Waals surface area contributed by atoms with Gasteiger partial charge in [-0.15, -0.1) is 0 Å². The lowest BCUT2D eigenvalue weighted by Crippen LogP contribution is -2.08. The highest BCUT2D eigenvalue weighted by Crippen LogP contribution is 2.31. The molecule has 1 heterocycles. The Hall–Kier alpha value is -1.15. The first-order chi connectivity index (χ1) is 6.61. The number of nitrogens with one attached hydrogen (secondary N) is 1. The van der Waals surface area contributed by atoms with Crippen LogP contribution in [0.15, 0.2) is 4.60 Å². The molecule has 14 heavy (non-hydrogen) atoms. The zero-order valence-electron chi connectivity index (χ0n) is 7.40. The molecule has 0 bridgehead atoms. The van der Waals surface area contributed by atoms with Gasteiger partial charge in [-0.25, -0.2) is 4.68 Å². The molecule has 0 aromatic carbocycles. The molecule has 1 aromatic rings. The van der Waals surface area contributed by atoms with Crippen LogP contribution in [0.25, 0.3) is 0 Å². The molecule has 0 radical (unpaired) electrons. The molecule has 0 aliphatic heterocycles. The van der Waals surface area contributed by atoms with Crippen molar-refractivity contribution in [2.24, 2.45) is 0 Å². The predicted molar refractivity (Wildman–Crippen MR) is 53.2 cm³/mol. The van der Waals surface area contributed by atoms with Crippen LogP contribution in [0.1, 0.15) is 0 Å². The Bertz CT molecular complexity index is 351. The van der Waals surface area contributed by atoms with Crippen molar-refractivity contribution in [3.05, 3.63) is 14.7 Å². The average molecular weight is 265 g/mol. The molecule has 0 aliphatic carbocycles. The summed E-state index contributed by atoms with van der Waals surface area (Å²) in [6, 6.07) is 0. The third-order valence-corrected chi connectivity index (χ3v) is 2.15. The topological polar surface area (TPSA) is 93.2 Å². The lowest BCUT2D eigenvalue weighted by molar-refractivity contribution is -0.384. The summed E-state index contributed by atoms with van der Waals surface area (Å²) in [7, 11) is 1.56. The van der Waals surface area contributed by atoms with Crippen molar-refractivity contribution in [2.45, 2.75) is 6.54 Å². The number of aliphatic hydroxyl groups is 1. The van der Waals surface area contributed by atoms with E-state index in [2.05, 4.69) is 26.3 Å². The van der Waals surface area contributed by atoms with E-state index in [1.54, 1.807) is 7.05 Å². The van der Waals surface area contributed by atoms with Crippen LogP contribution < -0.4 is 5.32 Å². The van der Waals surface area contributed by atoms with Crippen molar-refractivity contribution >= 4 is 27.4 Å². The van der Waals surface area contributed by atoms with E-state index in [1.165, 1.54) is 4.68 Å².